The predicted molar refractivity (Wildman–Crippen MR) is 84.6 cm³/mol. The molecule has 23 heavy (non-hydrogen) atoms. The van der Waals surface area contributed by atoms with E-state index in [2.05, 4.69) is 5.16 Å². The Kier molecular flexibility index (Phi) is 3.76. The van der Waals surface area contributed by atoms with Gasteiger partial charge in [-0.1, -0.05) is 23.4 Å². The number of aryl methyl sites for hydroxylation is 1. The van der Waals surface area contributed by atoms with Crippen molar-refractivity contribution in [2.75, 3.05) is 7.11 Å². The van der Waals surface area contributed by atoms with Gasteiger partial charge in [0.1, 0.15) is 17.3 Å². The molecule has 0 saturated heterocycles. The Balaban J connectivity index is 2.28. The van der Waals surface area contributed by atoms with Crippen molar-refractivity contribution in [2.45, 2.75) is 38.7 Å². The molecule has 3 atom stereocenters. The van der Waals surface area contributed by atoms with E-state index in [4.69, 9.17) is 9.26 Å². The van der Waals surface area contributed by atoms with Crippen molar-refractivity contribution in [1.29, 1.82) is 0 Å². The van der Waals surface area contributed by atoms with Gasteiger partial charge in [0.05, 0.1) is 24.3 Å². The number of carbonyl (C=O) groups excluding carboxylic acids is 1. The van der Waals surface area contributed by atoms with E-state index in [1.807, 2.05) is 31.2 Å². The lowest BCUT2D eigenvalue weighted by molar-refractivity contribution is -0.130. The van der Waals surface area contributed by atoms with Crippen LogP contribution in [0, 0.1) is 12.8 Å². The first-order valence-electron chi connectivity index (χ1n) is 7.67. The van der Waals surface area contributed by atoms with Crippen LogP contribution < -0.4 is 4.74 Å². The minimum Gasteiger partial charge on any atom is -0.496 e. The van der Waals surface area contributed by atoms with Crippen LogP contribution in [-0.4, -0.2) is 28.8 Å². The Morgan fingerprint density at radius 2 is 2.13 bits per heavy atom. The number of aliphatic hydroxyl groups is 1. The second kappa shape index (κ2) is 5.49. The highest BCUT2D eigenvalue weighted by Gasteiger charge is 2.50. The van der Waals surface area contributed by atoms with Gasteiger partial charge in [-0.25, -0.2) is 0 Å². The van der Waals surface area contributed by atoms with E-state index in [9.17, 15) is 9.90 Å². The number of hydrogen-bond donors (Lipinski definition) is 1. The zero-order valence-corrected chi connectivity index (χ0v) is 13.8. The van der Waals surface area contributed by atoms with Gasteiger partial charge >= 0.3 is 0 Å². The molecular weight excluding hydrogens is 294 g/mol. The quantitative estimate of drug-likeness (QED) is 0.942. The molecule has 0 amide bonds. The molecule has 0 spiro atoms. The van der Waals surface area contributed by atoms with Crippen LogP contribution in [0.5, 0.6) is 5.75 Å². The van der Waals surface area contributed by atoms with Gasteiger partial charge in [-0.05, 0) is 26.8 Å². The maximum atomic E-state index is 12.4. The number of rotatable bonds is 3. The number of ketones is 1. The second-order valence-electron chi connectivity index (χ2n) is 6.44. The van der Waals surface area contributed by atoms with Gasteiger partial charge in [0.2, 0.25) is 0 Å². The zero-order valence-electron chi connectivity index (χ0n) is 13.8. The number of para-hydroxylation sites is 1. The molecule has 2 aromatic rings. The molecule has 1 aliphatic rings. The number of fused-ring (bicyclic) bond motifs is 1. The minimum atomic E-state index is -1.19. The highest BCUT2D eigenvalue weighted by molar-refractivity contribution is 5.82. The number of carbonyl (C=O) groups is 1. The monoisotopic (exact) mass is 315 g/mol. The van der Waals surface area contributed by atoms with Crippen molar-refractivity contribution in [3.8, 4) is 5.75 Å². The summed E-state index contributed by atoms with van der Waals surface area (Å²) in [5.74, 6) is 0.390. The van der Waals surface area contributed by atoms with Crippen LogP contribution in [-0.2, 0) is 11.2 Å². The molecule has 1 aromatic heterocycles. The van der Waals surface area contributed by atoms with Crippen LogP contribution in [0.15, 0.2) is 28.8 Å². The number of aromatic nitrogens is 1. The van der Waals surface area contributed by atoms with Gasteiger partial charge in [0.25, 0.3) is 0 Å². The molecule has 0 bridgehead atoms. The number of Topliss-reactive ketones (excluding diaryl/α,β-unsaturated/α-hetero) is 1. The smallest absolute Gasteiger partial charge is 0.137 e. The van der Waals surface area contributed by atoms with Crippen LogP contribution in [0.2, 0.25) is 0 Å². The van der Waals surface area contributed by atoms with E-state index in [1.165, 1.54) is 6.92 Å². The lowest BCUT2D eigenvalue weighted by Crippen LogP contribution is -2.48. The molecule has 0 fully saturated rings. The summed E-state index contributed by atoms with van der Waals surface area (Å²) < 4.78 is 10.8. The Morgan fingerprint density at radius 1 is 1.43 bits per heavy atom. The van der Waals surface area contributed by atoms with E-state index < -0.39 is 11.5 Å². The second-order valence-corrected chi connectivity index (χ2v) is 6.44. The molecule has 3 rings (SSSR count). The first-order chi connectivity index (χ1) is 10.9. The van der Waals surface area contributed by atoms with Crippen LogP contribution in [0.4, 0.5) is 0 Å². The van der Waals surface area contributed by atoms with Crippen LogP contribution >= 0.6 is 0 Å². The summed E-state index contributed by atoms with van der Waals surface area (Å²) in [6, 6.07) is 7.57. The van der Waals surface area contributed by atoms with Crippen molar-refractivity contribution in [3.05, 3.63) is 46.8 Å². The third-order valence-corrected chi connectivity index (χ3v) is 4.73. The Morgan fingerprint density at radius 3 is 2.78 bits per heavy atom. The maximum Gasteiger partial charge on any atom is 0.137 e. The zero-order chi connectivity index (χ0) is 16.8. The average Bonchev–Trinajstić information content (AvgIpc) is 2.85. The average molecular weight is 315 g/mol. The van der Waals surface area contributed by atoms with Crippen molar-refractivity contribution in [2.24, 2.45) is 5.92 Å². The lowest BCUT2D eigenvalue weighted by Gasteiger charge is -2.41. The number of methoxy groups -OCH3 is 1. The number of nitrogens with zero attached hydrogens (tertiary/aromatic N) is 1. The van der Waals surface area contributed by atoms with Crippen molar-refractivity contribution in [1.82, 2.24) is 5.16 Å². The third kappa shape index (κ3) is 2.45. The minimum absolute atomic E-state index is 0.0582. The van der Waals surface area contributed by atoms with E-state index in [0.29, 0.717) is 23.6 Å². The van der Waals surface area contributed by atoms with Crippen LogP contribution in [0.25, 0.3) is 0 Å². The maximum absolute atomic E-state index is 12.4. The lowest BCUT2D eigenvalue weighted by atomic mass is 9.64. The first kappa shape index (κ1) is 15.7. The number of hydrogen-bond acceptors (Lipinski definition) is 5. The molecule has 0 aliphatic heterocycles. The van der Waals surface area contributed by atoms with Crippen LogP contribution in [0.3, 0.4) is 0 Å². The van der Waals surface area contributed by atoms with Gasteiger partial charge in [-0.3, -0.25) is 4.79 Å². The summed E-state index contributed by atoms with van der Waals surface area (Å²) >= 11 is 0. The highest BCUT2D eigenvalue weighted by atomic mass is 16.5. The molecule has 5 nitrogen and oxygen atoms in total. The van der Waals surface area contributed by atoms with Gasteiger partial charge in [-0.2, -0.15) is 0 Å². The molecule has 1 aliphatic carbocycles. The molecule has 5 heteroatoms. The topological polar surface area (TPSA) is 72.6 Å². The summed E-state index contributed by atoms with van der Waals surface area (Å²) in [6.45, 7) is 5.05. The molecule has 1 heterocycles. The predicted octanol–water partition coefficient (Wildman–Crippen LogP) is 2.64. The van der Waals surface area contributed by atoms with Crippen LogP contribution in [0.1, 0.15) is 42.3 Å². The van der Waals surface area contributed by atoms with Gasteiger partial charge in [0.15, 0.2) is 0 Å². The molecule has 1 aromatic carbocycles. The highest BCUT2D eigenvalue weighted by Crippen LogP contribution is 2.49. The number of benzene rings is 1. The van der Waals surface area contributed by atoms with E-state index >= 15 is 0 Å². The fourth-order valence-electron chi connectivity index (χ4n) is 3.86. The Hall–Kier alpha value is -2.14. The first-order valence-corrected chi connectivity index (χ1v) is 7.67. The third-order valence-electron chi connectivity index (χ3n) is 4.73. The fraction of sp³-hybridized carbons (Fsp3) is 0.444. The molecule has 122 valence electrons. The molecule has 0 radical (unpaired) electrons. The van der Waals surface area contributed by atoms with Crippen molar-refractivity contribution < 1.29 is 19.2 Å². The van der Waals surface area contributed by atoms with Crippen molar-refractivity contribution >= 4 is 5.78 Å². The van der Waals surface area contributed by atoms with Gasteiger partial charge < -0.3 is 14.4 Å². The van der Waals surface area contributed by atoms with E-state index in [0.717, 1.165) is 11.1 Å². The Bertz CT molecular complexity index is 747. The van der Waals surface area contributed by atoms with Gasteiger partial charge in [-0.15, -0.1) is 0 Å². The van der Waals surface area contributed by atoms with Crippen molar-refractivity contribution in [3.63, 3.8) is 0 Å². The number of ether oxygens (including phenoxy) is 1. The normalized spacial score (nSPS) is 26.7. The molecule has 0 saturated carbocycles. The fourth-order valence-corrected chi connectivity index (χ4v) is 3.86. The SMILES string of the molecule is COc1ccccc1C1c2c(noc2C)CC(C)(O)C1C(C)=O. The van der Waals surface area contributed by atoms with Gasteiger partial charge in [0, 0.05) is 23.5 Å². The molecular formula is C18H21NO4. The summed E-state index contributed by atoms with van der Waals surface area (Å²) in [4.78, 5) is 12.4. The largest absolute Gasteiger partial charge is 0.496 e. The van der Waals surface area contributed by atoms with E-state index in [-0.39, 0.29) is 11.7 Å². The molecule has 3 unspecified atom stereocenters. The standard InChI is InChI=1S/C18H21NO4/c1-10(20)17-16(12-7-5-6-8-14(12)22-4)15-11(2)23-19-13(15)9-18(17,3)21/h5-8,16-17,21H,9H2,1-4H3. The summed E-state index contributed by atoms with van der Waals surface area (Å²) in [7, 11) is 1.60. The summed E-state index contributed by atoms with van der Waals surface area (Å²) in [5.41, 5.74) is 1.28. The Labute approximate surface area is 135 Å². The summed E-state index contributed by atoms with van der Waals surface area (Å²) in [6.07, 6.45) is 0.301. The molecule has 1 N–H and O–H groups in total. The summed E-state index contributed by atoms with van der Waals surface area (Å²) in [5, 5.41) is 15.0. The van der Waals surface area contributed by atoms with E-state index in [1.54, 1.807) is 14.0 Å².